The van der Waals surface area contributed by atoms with Gasteiger partial charge in [-0.3, -0.25) is 14.5 Å². The molecule has 2 fully saturated rings. The van der Waals surface area contributed by atoms with Gasteiger partial charge >= 0.3 is 0 Å². The predicted molar refractivity (Wildman–Crippen MR) is 95.0 cm³/mol. The van der Waals surface area contributed by atoms with Crippen LogP contribution in [0.15, 0.2) is 30.3 Å². The molecule has 0 unspecified atom stereocenters. The van der Waals surface area contributed by atoms with E-state index in [4.69, 9.17) is 4.74 Å². The summed E-state index contributed by atoms with van der Waals surface area (Å²) in [4.78, 5) is 30.7. The van der Waals surface area contributed by atoms with Crippen molar-refractivity contribution in [1.29, 1.82) is 0 Å². The molecule has 2 aliphatic rings. The summed E-state index contributed by atoms with van der Waals surface area (Å²) in [5.74, 6) is 0.241. The molecule has 0 bridgehead atoms. The molecule has 6 heteroatoms. The van der Waals surface area contributed by atoms with E-state index in [1.807, 2.05) is 40.1 Å². The lowest BCUT2D eigenvalue weighted by Crippen LogP contribution is -2.52. The van der Waals surface area contributed by atoms with Gasteiger partial charge in [0.2, 0.25) is 11.8 Å². The maximum absolute atomic E-state index is 12.7. The van der Waals surface area contributed by atoms with Crippen molar-refractivity contribution in [2.45, 2.75) is 19.4 Å². The van der Waals surface area contributed by atoms with Crippen molar-refractivity contribution in [2.24, 2.45) is 0 Å². The molecule has 6 nitrogen and oxygen atoms in total. The van der Waals surface area contributed by atoms with Gasteiger partial charge in [0.05, 0.1) is 19.3 Å². The molecule has 1 atom stereocenters. The average Bonchev–Trinajstić information content (AvgIpc) is 2.67. The van der Waals surface area contributed by atoms with E-state index in [0.717, 1.165) is 38.4 Å². The smallest absolute Gasteiger partial charge is 0.224 e. The Bertz CT molecular complexity index is 587. The second kappa shape index (κ2) is 8.45. The molecule has 25 heavy (non-hydrogen) atoms. The highest BCUT2D eigenvalue weighted by atomic mass is 16.5. The van der Waals surface area contributed by atoms with Gasteiger partial charge in [-0.15, -0.1) is 0 Å². The number of hydrogen-bond acceptors (Lipinski definition) is 4. The Balaban J connectivity index is 1.61. The van der Waals surface area contributed by atoms with Crippen molar-refractivity contribution in [1.82, 2.24) is 14.7 Å². The first-order valence-corrected chi connectivity index (χ1v) is 9.05. The Morgan fingerprint density at radius 2 is 1.80 bits per heavy atom. The molecule has 2 heterocycles. The van der Waals surface area contributed by atoms with Crippen molar-refractivity contribution in [3.05, 3.63) is 35.9 Å². The molecule has 2 amide bonds. The molecule has 136 valence electrons. The van der Waals surface area contributed by atoms with Crippen LogP contribution in [0.4, 0.5) is 0 Å². The van der Waals surface area contributed by atoms with Crippen molar-refractivity contribution in [3.63, 3.8) is 0 Å². The van der Waals surface area contributed by atoms with Gasteiger partial charge in [0.15, 0.2) is 0 Å². The first-order chi connectivity index (χ1) is 12.1. The monoisotopic (exact) mass is 345 g/mol. The second-order valence-corrected chi connectivity index (χ2v) is 6.68. The fourth-order valence-electron chi connectivity index (χ4n) is 3.58. The van der Waals surface area contributed by atoms with E-state index in [1.54, 1.807) is 6.92 Å². The van der Waals surface area contributed by atoms with Gasteiger partial charge < -0.3 is 14.5 Å². The Hall–Kier alpha value is -1.92. The third-order valence-electron chi connectivity index (χ3n) is 5.07. The minimum Gasteiger partial charge on any atom is -0.379 e. The summed E-state index contributed by atoms with van der Waals surface area (Å²) < 4.78 is 5.35. The molecule has 0 aromatic heterocycles. The standard InChI is InChI=1S/C19H27N3O3/c1-16(23)22-10-9-21(15-18(22)17-5-3-2-4-6-17)19(24)7-8-20-11-13-25-14-12-20/h2-6,18H,7-15H2,1H3/t18-/m1/s1. The number of morpholine rings is 1. The normalized spacial score (nSPS) is 22.0. The van der Waals surface area contributed by atoms with Gasteiger partial charge in [0, 0.05) is 52.6 Å². The lowest BCUT2D eigenvalue weighted by molar-refractivity contribution is -0.142. The minimum atomic E-state index is -0.0558. The van der Waals surface area contributed by atoms with E-state index in [-0.39, 0.29) is 17.9 Å². The van der Waals surface area contributed by atoms with Crippen LogP contribution < -0.4 is 0 Å². The van der Waals surface area contributed by atoms with Gasteiger partial charge in [-0.05, 0) is 5.56 Å². The van der Waals surface area contributed by atoms with Crippen LogP contribution in [0.1, 0.15) is 24.9 Å². The number of benzene rings is 1. The average molecular weight is 345 g/mol. The summed E-state index contributed by atoms with van der Waals surface area (Å²) in [7, 11) is 0. The van der Waals surface area contributed by atoms with Crippen LogP contribution in [0.3, 0.4) is 0 Å². The Morgan fingerprint density at radius 1 is 1.08 bits per heavy atom. The molecule has 0 spiro atoms. The highest BCUT2D eigenvalue weighted by Gasteiger charge is 2.31. The fourth-order valence-corrected chi connectivity index (χ4v) is 3.58. The Morgan fingerprint density at radius 3 is 2.48 bits per heavy atom. The SMILES string of the molecule is CC(=O)N1CCN(C(=O)CCN2CCOCC2)C[C@@H]1c1ccccc1. The lowest BCUT2D eigenvalue weighted by Gasteiger charge is -2.41. The van der Waals surface area contributed by atoms with Gasteiger partial charge in [0.25, 0.3) is 0 Å². The van der Waals surface area contributed by atoms with Crippen molar-refractivity contribution in [2.75, 3.05) is 52.5 Å². The zero-order valence-corrected chi connectivity index (χ0v) is 14.9. The van der Waals surface area contributed by atoms with Gasteiger partial charge in [0.1, 0.15) is 0 Å². The third-order valence-corrected chi connectivity index (χ3v) is 5.07. The van der Waals surface area contributed by atoms with E-state index in [1.165, 1.54) is 0 Å². The van der Waals surface area contributed by atoms with E-state index < -0.39 is 0 Å². The fraction of sp³-hybridized carbons (Fsp3) is 0.579. The van der Waals surface area contributed by atoms with Crippen LogP contribution in [0, 0.1) is 0 Å². The molecule has 3 rings (SSSR count). The number of rotatable bonds is 4. The zero-order valence-electron chi connectivity index (χ0n) is 14.9. The van der Waals surface area contributed by atoms with Crippen LogP contribution in [0.2, 0.25) is 0 Å². The highest BCUT2D eigenvalue weighted by Crippen LogP contribution is 2.25. The van der Waals surface area contributed by atoms with Crippen LogP contribution in [-0.2, 0) is 14.3 Å². The molecule has 0 saturated carbocycles. The number of nitrogens with zero attached hydrogens (tertiary/aromatic N) is 3. The molecule has 2 saturated heterocycles. The first kappa shape index (κ1) is 17.9. The minimum absolute atomic E-state index is 0.0558. The van der Waals surface area contributed by atoms with E-state index in [2.05, 4.69) is 4.90 Å². The Kier molecular flexibility index (Phi) is 6.04. The Labute approximate surface area is 149 Å². The zero-order chi connectivity index (χ0) is 17.6. The molecule has 0 aliphatic carbocycles. The van der Waals surface area contributed by atoms with E-state index in [9.17, 15) is 9.59 Å². The largest absolute Gasteiger partial charge is 0.379 e. The maximum Gasteiger partial charge on any atom is 0.224 e. The summed E-state index contributed by atoms with van der Waals surface area (Å²) in [6.07, 6.45) is 0.529. The van der Waals surface area contributed by atoms with Crippen molar-refractivity contribution >= 4 is 11.8 Å². The van der Waals surface area contributed by atoms with Crippen LogP contribution in [0.5, 0.6) is 0 Å². The lowest BCUT2D eigenvalue weighted by atomic mass is 10.0. The highest BCUT2D eigenvalue weighted by molar-refractivity contribution is 5.78. The van der Waals surface area contributed by atoms with Crippen LogP contribution >= 0.6 is 0 Å². The molecule has 1 aromatic carbocycles. The van der Waals surface area contributed by atoms with E-state index >= 15 is 0 Å². The molecule has 1 aromatic rings. The first-order valence-electron chi connectivity index (χ1n) is 9.05. The van der Waals surface area contributed by atoms with Gasteiger partial charge in [-0.1, -0.05) is 30.3 Å². The number of piperazine rings is 1. The van der Waals surface area contributed by atoms with Crippen molar-refractivity contribution in [3.8, 4) is 0 Å². The van der Waals surface area contributed by atoms with Crippen molar-refractivity contribution < 1.29 is 14.3 Å². The number of carbonyl (C=O) groups excluding carboxylic acids is 2. The second-order valence-electron chi connectivity index (χ2n) is 6.68. The van der Waals surface area contributed by atoms with E-state index in [0.29, 0.717) is 26.1 Å². The summed E-state index contributed by atoms with van der Waals surface area (Å²) in [6.45, 7) is 7.48. The molecular weight excluding hydrogens is 318 g/mol. The molecule has 0 radical (unpaired) electrons. The maximum atomic E-state index is 12.7. The number of ether oxygens (including phenoxy) is 1. The summed E-state index contributed by atoms with van der Waals surface area (Å²) in [5, 5.41) is 0. The third kappa shape index (κ3) is 4.58. The number of carbonyl (C=O) groups is 2. The number of hydrogen-bond donors (Lipinski definition) is 0. The topological polar surface area (TPSA) is 53.1 Å². The predicted octanol–water partition coefficient (Wildman–Crippen LogP) is 1.14. The van der Waals surface area contributed by atoms with Gasteiger partial charge in [-0.2, -0.15) is 0 Å². The summed E-state index contributed by atoms with van der Waals surface area (Å²) in [6, 6.07) is 9.93. The van der Waals surface area contributed by atoms with Crippen LogP contribution in [-0.4, -0.2) is 79.0 Å². The summed E-state index contributed by atoms with van der Waals surface area (Å²) >= 11 is 0. The summed E-state index contributed by atoms with van der Waals surface area (Å²) in [5.41, 5.74) is 1.09. The molecule has 0 N–H and O–H groups in total. The molecular formula is C19H27N3O3. The molecule has 2 aliphatic heterocycles. The number of amides is 2. The van der Waals surface area contributed by atoms with Gasteiger partial charge in [-0.25, -0.2) is 0 Å². The van der Waals surface area contributed by atoms with Crippen LogP contribution in [0.25, 0.3) is 0 Å². The quantitative estimate of drug-likeness (QED) is 0.821.